The van der Waals surface area contributed by atoms with Crippen LogP contribution in [0.2, 0.25) is 0 Å². The van der Waals surface area contributed by atoms with E-state index in [4.69, 9.17) is 0 Å². The van der Waals surface area contributed by atoms with Crippen molar-refractivity contribution < 1.29 is 0 Å². The third-order valence-corrected chi connectivity index (χ3v) is 5.34. The summed E-state index contributed by atoms with van der Waals surface area (Å²) in [4.78, 5) is 0. The molecule has 160 valence electrons. The Labute approximate surface area is 169 Å². The minimum absolute atomic E-state index is 0.904. The van der Waals surface area contributed by atoms with Gasteiger partial charge in [0.25, 0.3) is 0 Å². The topological polar surface area (TPSA) is 0 Å². The summed E-state index contributed by atoms with van der Waals surface area (Å²) < 4.78 is 0. The summed E-state index contributed by atoms with van der Waals surface area (Å²) in [6, 6.07) is 0. The maximum absolute atomic E-state index is 2.31. The zero-order valence-corrected chi connectivity index (χ0v) is 19.7. The van der Waals surface area contributed by atoms with E-state index in [9.17, 15) is 0 Å². The number of rotatable bonds is 19. The van der Waals surface area contributed by atoms with Crippen molar-refractivity contribution in [3.05, 3.63) is 0 Å². The Morgan fingerprint density at radius 3 is 0.808 bits per heavy atom. The Kier molecular flexibility index (Phi) is 29.5. The predicted molar refractivity (Wildman–Crippen MR) is 124 cm³/mol. The molecule has 0 fully saturated rings. The van der Waals surface area contributed by atoms with Gasteiger partial charge in [0, 0.05) is 0 Å². The van der Waals surface area contributed by atoms with E-state index in [1.165, 1.54) is 128 Å². The molecule has 0 aromatic rings. The van der Waals surface area contributed by atoms with E-state index >= 15 is 0 Å². The number of hydrogen-bond acceptors (Lipinski definition) is 0. The van der Waals surface area contributed by atoms with Gasteiger partial charge in [-0.3, -0.25) is 0 Å². The van der Waals surface area contributed by atoms with Crippen LogP contribution in [-0.4, -0.2) is 0 Å². The third-order valence-electron chi connectivity index (χ3n) is 5.34. The minimum Gasteiger partial charge on any atom is -0.0654 e. The first-order valence-corrected chi connectivity index (χ1v) is 12.7. The van der Waals surface area contributed by atoms with E-state index < -0.39 is 0 Å². The molecule has 0 amide bonds. The molecule has 0 aliphatic heterocycles. The van der Waals surface area contributed by atoms with Crippen molar-refractivity contribution >= 4 is 0 Å². The van der Waals surface area contributed by atoms with Gasteiger partial charge >= 0.3 is 0 Å². The standard InChI is InChI=1S/C16H34.C10H22/c1-3-5-7-9-11-13-15-16-14-12-10-8-6-4-2;1-4-5-6-7-8-9-10(2)3/h3-16H2,1-2H3;10H,4-9H2,1-3H3. The molecule has 0 unspecified atom stereocenters. The van der Waals surface area contributed by atoms with Crippen LogP contribution in [0.3, 0.4) is 0 Å². The zero-order chi connectivity index (χ0) is 19.7. The van der Waals surface area contributed by atoms with Crippen LogP contribution in [0.5, 0.6) is 0 Å². The van der Waals surface area contributed by atoms with Crippen LogP contribution in [0.15, 0.2) is 0 Å². The molecule has 0 atom stereocenters. The molecule has 0 saturated heterocycles. The lowest BCUT2D eigenvalue weighted by molar-refractivity contribution is 0.518. The highest BCUT2D eigenvalue weighted by molar-refractivity contribution is 4.49. The Balaban J connectivity index is 0. The normalized spacial score (nSPS) is 10.8. The van der Waals surface area contributed by atoms with E-state index in [0.717, 1.165) is 5.92 Å². The van der Waals surface area contributed by atoms with E-state index in [1.54, 1.807) is 0 Å². The van der Waals surface area contributed by atoms with E-state index in [0.29, 0.717) is 0 Å². The molecular formula is C26H56. The summed E-state index contributed by atoms with van der Waals surface area (Å²) in [5, 5.41) is 0. The second kappa shape index (κ2) is 27.2. The largest absolute Gasteiger partial charge is 0.0654 e. The highest BCUT2D eigenvalue weighted by Gasteiger charge is 1.93. The highest BCUT2D eigenvalue weighted by Crippen LogP contribution is 2.12. The van der Waals surface area contributed by atoms with Crippen molar-refractivity contribution in [2.75, 3.05) is 0 Å². The fourth-order valence-corrected chi connectivity index (χ4v) is 3.42. The quantitative estimate of drug-likeness (QED) is 0.199. The first kappa shape index (κ1) is 28.2. The van der Waals surface area contributed by atoms with Crippen LogP contribution in [0.4, 0.5) is 0 Å². The molecule has 0 heteroatoms. The van der Waals surface area contributed by atoms with Crippen molar-refractivity contribution in [3.8, 4) is 0 Å². The molecule has 0 N–H and O–H groups in total. The molecule has 0 aromatic heterocycles. The fraction of sp³-hybridized carbons (Fsp3) is 1.00. The summed E-state index contributed by atoms with van der Waals surface area (Å²) >= 11 is 0. The minimum atomic E-state index is 0.904. The van der Waals surface area contributed by atoms with Crippen molar-refractivity contribution in [1.29, 1.82) is 0 Å². The zero-order valence-electron chi connectivity index (χ0n) is 19.7. The lowest BCUT2D eigenvalue weighted by Crippen LogP contribution is -1.86. The monoisotopic (exact) mass is 368 g/mol. The Morgan fingerprint density at radius 2 is 0.577 bits per heavy atom. The van der Waals surface area contributed by atoms with Crippen molar-refractivity contribution in [2.45, 2.75) is 163 Å². The first-order chi connectivity index (χ1) is 12.7. The smallest absolute Gasteiger partial charge is 0.0471 e. The second-order valence-corrected chi connectivity index (χ2v) is 8.84. The molecule has 0 nitrogen and oxygen atoms in total. The summed E-state index contributed by atoms with van der Waals surface area (Å²) in [5.41, 5.74) is 0. The summed E-state index contributed by atoms with van der Waals surface area (Å²) in [6.07, 6.45) is 29.0. The number of hydrogen-bond donors (Lipinski definition) is 0. The van der Waals surface area contributed by atoms with Crippen molar-refractivity contribution in [1.82, 2.24) is 0 Å². The second-order valence-electron chi connectivity index (χ2n) is 8.84. The summed E-state index contributed by atoms with van der Waals surface area (Å²) in [7, 11) is 0. The van der Waals surface area contributed by atoms with Gasteiger partial charge < -0.3 is 0 Å². The average molecular weight is 369 g/mol. The van der Waals surface area contributed by atoms with Gasteiger partial charge in [-0.2, -0.15) is 0 Å². The SMILES string of the molecule is CCCCCCCC(C)C.CCCCCCCCCCCCCCCC. The van der Waals surface area contributed by atoms with Crippen LogP contribution in [-0.2, 0) is 0 Å². The summed E-state index contributed by atoms with van der Waals surface area (Å²) in [6.45, 7) is 11.5. The lowest BCUT2D eigenvalue weighted by atomic mass is 10.0. The van der Waals surface area contributed by atoms with Crippen LogP contribution in [0, 0.1) is 5.92 Å². The van der Waals surface area contributed by atoms with Crippen molar-refractivity contribution in [3.63, 3.8) is 0 Å². The van der Waals surface area contributed by atoms with Crippen LogP contribution in [0.1, 0.15) is 163 Å². The Morgan fingerprint density at radius 1 is 0.346 bits per heavy atom. The molecule has 0 aliphatic carbocycles. The van der Waals surface area contributed by atoms with Gasteiger partial charge in [-0.25, -0.2) is 0 Å². The van der Waals surface area contributed by atoms with E-state index in [2.05, 4.69) is 34.6 Å². The highest BCUT2D eigenvalue weighted by atomic mass is 14.0. The molecule has 0 aromatic carbocycles. The molecule has 0 heterocycles. The van der Waals surface area contributed by atoms with Crippen LogP contribution < -0.4 is 0 Å². The third kappa shape index (κ3) is 31.7. The molecule has 0 aliphatic rings. The molecule has 0 saturated carbocycles. The van der Waals surface area contributed by atoms with Gasteiger partial charge in [0.1, 0.15) is 0 Å². The Hall–Kier alpha value is 0. The van der Waals surface area contributed by atoms with Crippen molar-refractivity contribution in [2.24, 2.45) is 5.92 Å². The maximum Gasteiger partial charge on any atom is -0.0471 e. The molecular weight excluding hydrogens is 312 g/mol. The lowest BCUT2D eigenvalue weighted by Gasteiger charge is -2.02. The van der Waals surface area contributed by atoms with E-state index in [1.807, 2.05) is 0 Å². The van der Waals surface area contributed by atoms with Gasteiger partial charge in [-0.15, -0.1) is 0 Å². The molecule has 0 radical (unpaired) electrons. The van der Waals surface area contributed by atoms with Gasteiger partial charge in [-0.05, 0) is 5.92 Å². The molecule has 0 rings (SSSR count). The van der Waals surface area contributed by atoms with Gasteiger partial charge in [0.15, 0.2) is 0 Å². The maximum atomic E-state index is 2.31. The fourth-order valence-electron chi connectivity index (χ4n) is 3.42. The van der Waals surface area contributed by atoms with E-state index in [-0.39, 0.29) is 0 Å². The number of unbranched alkanes of at least 4 members (excludes halogenated alkanes) is 17. The van der Waals surface area contributed by atoms with Gasteiger partial charge in [0.2, 0.25) is 0 Å². The first-order valence-electron chi connectivity index (χ1n) is 12.7. The van der Waals surface area contributed by atoms with Crippen LogP contribution >= 0.6 is 0 Å². The predicted octanol–water partition coefficient (Wildman–Crippen LogP) is 10.5. The molecule has 0 bridgehead atoms. The van der Waals surface area contributed by atoms with Gasteiger partial charge in [-0.1, -0.05) is 163 Å². The van der Waals surface area contributed by atoms with Crippen LogP contribution in [0.25, 0.3) is 0 Å². The summed E-state index contributed by atoms with van der Waals surface area (Å²) in [5.74, 6) is 0.904. The molecule has 0 spiro atoms. The Bertz CT molecular complexity index is 192. The van der Waals surface area contributed by atoms with Gasteiger partial charge in [0.05, 0.1) is 0 Å². The average Bonchev–Trinajstić information content (AvgIpc) is 2.63. The molecule has 26 heavy (non-hydrogen) atoms.